The van der Waals surface area contributed by atoms with Gasteiger partial charge in [-0.15, -0.1) is 0 Å². The molecule has 0 saturated heterocycles. The highest BCUT2D eigenvalue weighted by Gasteiger charge is 2.22. The van der Waals surface area contributed by atoms with E-state index in [9.17, 15) is 0 Å². The Morgan fingerprint density at radius 3 is 2.57 bits per heavy atom. The minimum absolute atomic E-state index is 0.215. The molecule has 118 valence electrons. The Kier molecular flexibility index (Phi) is 6.38. The van der Waals surface area contributed by atoms with Crippen molar-refractivity contribution in [3.8, 4) is 0 Å². The molecule has 2 N–H and O–H groups in total. The summed E-state index contributed by atoms with van der Waals surface area (Å²) < 4.78 is 0. The van der Waals surface area contributed by atoms with Crippen LogP contribution in [0.1, 0.15) is 57.9 Å². The average Bonchev–Trinajstić information content (AvgIpc) is 2.51. The molecule has 3 heteroatoms. The van der Waals surface area contributed by atoms with Gasteiger partial charge >= 0.3 is 0 Å². The normalized spacial score (nSPS) is 17.7. The number of hydrogen-bond donors (Lipinski definition) is 1. The van der Waals surface area contributed by atoms with Crippen molar-refractivity contribution in [1.82, 2.24) is 0 Å². The van der Waals surface area contributed by atoms with E-state index in [1.807, 2.05) is 6.07 Å². The van der Waals surface area contributed by atoms with Gasteiger partial charge in [-0.2, -0.15) is 0 Å². The van der Waals surface area contributed by atoms with E-state index >= 15 is 0 Å². The molecule has 1 aromatic carbocycles. The van der Waals surface area contributed by atoms with Gasteiger partial charge in [-0.1, -0.05) is 37.8 Å². The predicted molar refractivity (Wildman–Crippen MR) is 93.3 cm³/mol. The van der Waals surface area contributed by atoms with Gasteiger partial charge in [0.05, 0.1) is 0 Å². The summed E-state index contributed by atoms with van der Waals surface area (Å²) in [5.74, 6) is 0. The number of hydrogen-bond acceptors (Lipinski definition) is 2. The van der Waals surface area contributed by atoms with Crippen LogP contribution in [0.25, 0.3) is 0 Å². The number of halogens is 1. The Labute approximate surface area is 134 Å². The summed E-state index contributed by atoms with van der Waals surface area (Å²) in [7, 11) is 0. The number of nitrogens with two attached hydrogens (primary N) is 1. The van der Waals surface area contributed by atoms with Crippen LogP contribution in [0, 0.1) is 0 Å². The molecule has 1 saturated carbocycles. The van der Waals surface area contributed by atoms with Crippen LogP contribution in [-0.4, -0.2) is 18.6 Å². The molecule has 1 fully saturated rings. The van der Waals surface area contributed by atoms with E-state index in [4.69, 9.17) is 17.3 Å². The van der Waals surface area contributed by atoms with Gasteiger partial charge in [0, 0.05) is 29.3 Å². The van der Waals surface area contributed by atoms with E-state index < -0.39 is 0 Å². The summed E-state index contributed by atoms with van der Waals surface area (Å²) in [5.41, 5.74) is 8.84. The molecule has 0 heterocycles. The van der Waals surface area contributed by atoms with Gasteiger partial charge in [0.1, 0.15) is 0 Å². The van der Waals surface area contributed by atoms with Crippen LogP contribution in [0.2, 0.25) is 5.02 Å². The Morgan fingerprint density at radius 1 is 1.24 bits per heavy atom. The van der Waals surface area contributed by atoms with Gasteiger partial charge in [0.25, 0.3) is 0 Å². The van der Waals surface area contributed by atoms with Crippen molar-refractivity contribution in [2.75, 3.05) is 11.4 Å². The third-order valence-corrected chi connectivity index (χ3v) is 4.95. The van der Waals surface area contributed by atoms with Gasteiger partial charge in [-0.25, -0.2) is 0 Å². The molecule has 1 aliphatic carbocycles. The zero-order valence-electron chi connectivity index (χ0n) is 13.4. The van der Waals surface area contributed by atoms with Crippen LogP contribution in [0.4, 0.5) is 5.69 Å². The standard InChI is InChI=1S/C18H29ClN2/c1-3-16(20)13-14-12-15(19)10-11-18(14)21(4-2)17-8-6-5-7-9-17/h10-12,16-17H,3-9,13,20H2,1-2H3. The third-order valence-electron chi connectivity index (χ3n) is 4.71. The van der Waals surface area contributed by atoms with Crippen molar-refractivity contribution in [2.45, 2.75) is 70.9 Å². The number of rotatable bonds is 6. The van der Waals surface area contributed by atoms with Crippen LogP contribution in [0.3, 0.4) is 0 Å². The fraction of sp³-hybridized carbons (Fsp3) is 0.667. The highest BCUT2D eigenvalue weighted by molar-refractivity contribution is 6.30. The third kappa shape index (κ3) is 4.37. The summed E-state index contributed by atoms with van der Waals surface area (Å²) in [6, 6.07) is 7.22. The maximum absolute atomic E-state index is 6.22. The summed E-state index contributed by atoms with van der Waals surface area (Å²) in [6.45, 7) is 5.46. The molecule has 1 unspecified atom stereocenters. The van der Waals surface area contributed by atoms with Crippen LogP contribution in [0.5, 0.6) is 0 Å². The zero-order chi connectivity index (χ0) is 15.2. The lowest BCUT2D eigenvalue weighted by molar-refractivity contribution is 0.417. The largest absolute Gasteiger partial charge is 0.369 e. The molecule has 0 aliphatic heterocycles. The molecule has 21 heavy (non-hydrogen) atoms. The lowest BCUT2D eigenvalue weighted by atomic mass is 9.92. The van der Waals surface area contributed by atoms with E-state index in [0.29, 0.717) is 6.04 Å². The van der Waals surface area contributed by atoms with Crippen LogP contribution < -0.4 is 10.6 Å². The summed E-state index contributed by atoms with van der Waals surface area (Å²) in [4.78, 5) is 2.58. The smallest absolute Gasteiger partial charge is 0.0410 e. The molecule has 2 nitrogen and oxygen atoms in total. The SMILES string of the molecule is CCC(N)Cc1cc(Cl)ccc1N(CC)C1CCCCC1. The van der Waals surface area contributed by atoms with Crippen LogP contribution in [0.15, 0.2) is 18.2 Å². The average molecular weight is 309 g/mol. The highest BCUT2D eigenvalue weighted by atomic mass is 35.5. The van der Waals surface area contributed by atoms with E-state index in [1.54, 1.807) is 0 Å². The maximum atomic E-state index is 6.22. The molecule has 0 spiro atoms. The molecule has 0 radical (unpaired) electrons. The monoisotopic (exact) mass is 308 g/mol. The second-order valence-corrected chi connectivity index (χ2v) is 6.66. The van der Waals surface area contributed by atoms with E-state index in [-0.39, 0.29) is 6.04 Å². The number of benzene rings is 1. The Bertz CT molecular complexity index is 441. The van der Waals surface area contributed by atoms with Crippen molar-refractivity contribution in [1.29, 1.82) is 0 Å². The van der Waals surface area contributed by atoms with Crippen molar-refractivity contribution in [3.05, 3.63) is 28.8 Å². The fourth-order valence-electron chi connectivity index (χ4n) is 3.44. The maximum Gasteiger partial charge on any atom is 0.0410 e. The summed E-state index contributed by atoms with van der Waals surface area (Å²) in [5, 5.41) is 0.816. The first kappa shape index (κ1) is 16.6. The lowest BCUT2D eigenvalue weighted by Crippen LogP contribution is -2.37. The van der Waals surface area contributed by atoms with Gasteiger partial charge in [-0.05, 0) is 56.4 Å². The van der Waals surface area contributed by atoms with Gasteiger partial charge in [-0.3, -0.25) is 0 Å². The van der Waals surface area contributed by atoms with Gasteiger partial charge in [0.15, 0.2) is 0 Å². The first-order chi connectivity index (χ1) is 10.2. The molecule has 1 aromatic rings. The van der Waals surface area contributed by atoms with Crippen LogP contribution >= 0.6 is 11.6 Å². The molecule has 1 aliphatic rings. The Hall–Kier alpha value is -0.730. The molecule has 0 aromatic heterocycles. The van der Waals surface area contributed by atoms with Gasteiger partial charge in [0.2, 0.25) is 0 Å². The Morgan fingerprint density at radius 2 is 1.95 bits per heavy atom. The number of nitrogens with zero attached hydrogens (tertiary/aromatic N) is 1. The van der Waals surface area contributed by atoms with Crippen molar-refractivity contribution < 1.29 is 0 Å². The van der Waals surface area contributed by atoms with Crippen molar-refractivity contribution in [2.24, 2.45) is 5.73 Å². The molecule has 0 amide bonds. The predicted octanol–water partition coefficient (Wildman–Crippen LogP) is 4.78. The minimum atomic E-state index is 0.215. The second kappa shape index (κ2) is 8.05. The quantitative estimate of drug-likeness (QED) is 0.819. The number of anilines is 1. The molecular formula is C18H29ClN2. The summed E-state index contributed by atoms with van der Waals surface area (Å²) in [6.07, 6.45) is 8.65. The molecule has 1 atom stereocenters. The van der Waals surface area contributed by atoms with Crippen molar-refractivity contribution in [3.63, 3.8) is 0 Å². The second-order valence-electron chi connectivity index (χ2n) is 6.22. The lowest BCUT2D eigenvalue weighted by Gasteiger charge is -2.37. The first-order valence-corrected chi connectivity index (χ1v) is 8.84. The fourth-order valence-corrected chi connectivity index (χ4v) is 3.64. The first-order valence-electron chi connectivity index (χ1n) is 8.46. The molecule has 0 bridgehead atoms. The minimum Gasteiger partial charge on any atom is -0.369 e. The van der Waals surface area contributed by atoms with E-state index in [1.165, 1.54) is 43.4 Å². The highest BCUT2D eigenvalue weighted by Crippen LogP contribution is 2.31. The van der Waals surface area contributed by atoms with Gasteiger partial charge < -0.3 is 10.6 Å². The van der Waals surface area contributed by atoms with E-state index in [0.717, 1.165) is 24.4 Å². The zero-order valence-corrected chi connectivity index (χ0v) is 14.2. The summed E-state index contributed by atoms with van der Waals surface area (Å²) >= 11 is 6.22. The molecule has 2 rings (SSSR count). The Balaban J connectivity index is 2.26. The molecular weight excluding hydrogens is 280 g/mol. The van der Waals surface area contributed by atoms with Crippen LogP contribution in [-0.2, 0) is 6.42 Å². The topological polar surface area (TPSA) is 29.3 Å². The van der Waals surface area contributed by atoms with E-state index in [2.05, 4.69) is 30.9 Å². The van der Waals surface area contributed by atoms with Crippen molar-refractivity contribution >= 4 is 17.3 Å².